The van der Waals surface area contributed by atoms with Gasteiger partial charge in [-0.3, -0.25) is 4.79 Å². The molecule has 0 saturated carbocycles. The highest BCUT2D eigenvalue weighted by Gasteiger charge is 2.30. The summed E-state index contributed by atoms with van der Waals surface area (Å²) in [5.41, 5.74) is 2.80. The third-order valence-electron chi connectivity index (χ3n) is 5.90. The number of aromatic carboxylic acids is 1. The molecule has 0 unspecified atom stereocenters. The molecule has 40 heavy (non-hydrogen) atoms. The van der Waals surface area contributed by atoms with Crippen LogP contribution in [0.1, 0.15) is 27.3 Å². The molecule has 0 atom stereocenters. The Morgan fingerprint density at radius 1 is 0.825 bits per heavy atom. The molecule has 12 heteroatoms. The van der Waals surface area contributed by atoms with Crippen LogP contribution >= 0.6 is 0 Å². The number of urea groups is 1. The molecule has 6 N–H and O–H groups in total. The minimum atomic E-state index is -4.53. The van der Waals surface area contributed by atoms with E-state index in [4.69, 9.17) is 5.11 Å². The van der Waals surface area contributed by atoms with Gasteiger partial charge in [-0.15, -0.1) is 0 Å². The van der Waals surface area contributed by atoms with Crippen LogP contribution in [-0.2, 0) is 11.0 Å². The molecule has 9 nitrogen and oxygen atoms in total. The molecular formula is C28H20F3N5O4. The second-order valence-electron chi connectivity index (χ2n) is 8.77. The molecule has 1 aromatic heterocycles. The summed E-state index contributed by atoms with van der Waals surface area (Å²) in [4.78, 5) is 38.7. The number of H-pyrrole nitrogens is 1. The van der Waals surface area contributed by atoms with Crippen LogP contribution in [0.3, 0.4) is 0 Å². The fraction of sp³-hybridized carbons (Fsp3) is 0.0357. The van der Waals surface area contributed by atoms with Crippen LogP contribution in [0.5, 0.6) is 0 Å². The number of alkyl halides is 3. The monoisotopic (exact) mass is 547 g/mol. The van der Waals surface area contributed by atoms with Crippen LogP contribution in [0.25, 0.3) is 11.6 Å². The molecular weight excluding hydrogens is 527 g/mol. The highest BCUT2D eigenvalue weighted by atomic mass is 19.4. The Morgan fingerprint density at radius 2 is 1.50 bits per heavy atom. The Kier molecular flexibility index (Phi) is 6.74. The highest BCUT2D eigenvalue weighted by molar-refractivity contribution is 6.35. The van der Waals surface area contributed by atoms with E-state index in [0.29, 0.717) is 39.6 Å². The molecule has 0 saturated heterocycles. The standard InChI is InChI=1S/C28H20F3N5O4/c29-28(30,31)15-3-1-4-16(11-15)34-27(40)35-18-6-2-5-17(12-18)32-20-7-9-21-22(25(37)36-24(21)14-20)13-19-8-10-23(33-19)26(38)39/h1-14,32-33H,(H,36,37)(H,38,39)(H2,34,35,40). The quantitative estimate of drug-likeness (QED) is 0.151. The van der Waals surface area contributed by atoms with Crippen molar-refractivity contribution in [3.63, 3.8) is 0 Å². The fourth-order valence-electron chi connectivity index (χ4n) is 4.10. The molecule has 1 aliphatic rings. The molecule has 0 radical (unpaired) electrons. The van der Waals surface area contributed by atoms with Gasteiger partial charge in [-0.25, -0.2) is 9.59 Å². The van der Waals surface area contributed by atoms with Gasteiger partial charge in [0.1, 0.15) is 5.69 Å². The first-order valence-corrected chi connectivity index (χ1v) is 11.8. The van der Waals surface area contributed by atoms with E-state index >= 15 is 0 Å². The summed E-state index contributed by atoms with van der Waals surface area (Å²) in [6.45, 7) is 0. The first-order chi connectivity index (χ1) is 19.0. The number of amides is 3. The number of hydrogen-bond acceptors (Lipinski definition) is 4. The lowest BCUT2D eigenvalue weighted by Gasteiger charge is -2.12. The summed E-state index contributed by atoms with van der Waals surface area (Å²) in [6, 6.07) is 18.5. The van der Waals surface area contributed by atoms with E-state index in [1.165, 1.54) is 18.2 Å². The predicted molar refractivity (Wildman–Crippen MR) is 145 cm³/mol. The number of aromatic nitrogens is 1. The van der Waals surface area contributed by atoms with Gasteiger partial charge in [0.2, 0.25) is 0 Å². The van der Waals surface area contributed by atoms with Gasteiger partial charge in [-0.05, 0) is 66.7 Å². The smallest absolute Gasteiger partial charge is 0.416 e. The lowest BCUT2D eigenvalue weighted by atomic mass is 10.1. The number of rotatable bonds is 6. The fourth-order valence-corrected chi connectivity index (χ4v) is 4.10. The normalized spacial score (nSPS) is 13.5. The van der Waals surface area contributed by atoms with Crippen LogP contribution in [0.15, 0.2) is 78.9 Å². The molecule has 1 aliphatic heterocycles. The third kappa shape index (κ3) is 5.80. The summed E-state index contributed by atoms with van der Waals surface area (Å²) >= 11 is 0. The van der Waals surface area contributed by atoms with Gasteiger partial charge in [-0.2, -0.15) is 13.2 Å². The number of nitrogens with one attached hydrogen (secondary N) is 5. The second kappa shape index (κ2) is 10.3. The first kappa shape index (κ1) is 26.1. The van der Waals surface area contributed by atoms with Crippen molar-refractivity contribution < 1.29 is 32.7 Å². The van der Waals surface area contributed by atoms with Crippen LogP contribution in [0, 0.1) is 0 Å². The van der Waals surface area contributed by atoms with Crippen molar-refractivity contribution >= 4 is 58.0 Å². The van der Waals surface area contributed by atoms with E-state index in [1.54, 1.807) is 54.6 Å². The Bertz CT molecular complexity index is 1680. The van der Waals surface area contributed by atoms with E-state index < -0.39 is 23.7 Å². The zero-order valence-corrected chi connectivity index (χ0v) is 20.4. The Balaban J connectivity index is 1.27. The molecule has 3 amide bonds. The first-order valence-electron chi connectivity index (χ1n) is 11.8. The highest BCUT2D eigenvalue weighted by Crippen LogP contribution is 2.36. The van der Waals surface area contributed by atoms with Gasteiger partial charge in [0, 0.05) is 34.0 Å². The number of fused-ring (bicyclic) bond motifs is 1. The molecule has 2 heterocycles. The van der Waals surface area contributed by atoms with Crippen molar-refractivity contribution in [2.24, 2.45) is 0 Å². The third-order valence-corrected chi connectivity index (χ3v) is 5.90. The van der Waals surface area contributed by atoms with E-state index in [9.17, 15) is 27.6 Å². The number of anilines is 5. The van der Waals surface area contributed by atoms with Gasteiger partial charge < -0.3 is 31.4 Å². The van der Waals surface area contributed by atoms with Gasteiger partial charge in [-0.1, -0.05) is 18.2 Å². The summed E-state index contributed by atoms with van der Waals surface area (Å²) in [7, 11) is 0. The zero-order valence-electron chi connectivity index (χ0n) is 20.4. The van der Waals surface area contributed by atoms with E-state index in [2.05, 4.69) is 26.3 Å². The number of aromatic amines is 1. The summed E-state index contributed by atoms with van der Waals surface area (Å²) in [6.07, 6.45) is -2.96. The number of carboxylic acid groups (broad SMARTS) is 1. The lowest BCUT2D eigenvalue weighted by Crippen LogP contribution is -2.19. The Hall–Kier alpha value is -5.52. The number of carbonyl (C=O) groups excluding carboxylic acids is 2. The summed E-state index contributed by atoms with van der Waals surface area (Å²) in [5.74, 6) is -1.44. The minimum Gasteiger partial charge on any atom is -0.477 e. The predicted octanol–water partition coefficient (Wildman–Crippen LogP) is 6.61. The van der Waals surface area contributed by atoms with Crippen molar-refractivity contribution in [1.82, 2.24) is 4.98 Å². The number of halogens is 3. The van der Waals surface area contributed by atoms with Crippen molar-refractivity contribution in [3.8, 4) is 0 Å². The Morgan fingerprint density at radius 3 is 2.20 bits per heavy atom. The SMILES string of the molecule is O=C(Nc1cccc(Nc2ccc3c(c2)NC(=O)C3=Cc2ccc(C(=O)O)[nH]2)c1)Nc1cccc(C(F)(F)F)c1. The average Bonchev–Trinajstić information content (AvgIpc) is 3.48. The topological polar surface area (TPSA) is 135 Å². The van der Waals surface area contributed by atoms with E-state index in [1.807, 2.05) is 0 Å². The van der Waals surface area contributed by atoms with E-state index in [0.717, 1.165) is 12.1 Å². The van der Waals surface area contributed by atoms with Crippen molar-refractivity contribution in [2.75, 3.05) is 21.3 Å². The molecule has 0 aliphatic carbocycles. The summed E-state index contributed by atoms with van der Waals surface area (Å²) in [5, 5.41) is 20.0. The molecule has 0 fully saturated rings. The number of hydrogen-bond donors (Lipinski definition) is 6. The van der Waals surface area contributed by atoms with Crippen LogP contribution in [0.4, 0.5) is 46.4 Å². The summed E-state index contributed by atoms with van der Waals surface area (Å²) < 4.78 is 38.8. The maximum atomic E-state index is 12.9. The van der Waals surface area contributed by atoms with Crippen LogP contribution < -0.4 is 21.3 Å². The maximum absolute atomic E-state index is 12.9. The van der Waals surface area contributed by atoms with Crippen LogP contribution in [-0.4, -0.2) is 28.0 Å². The van der Waals surface area contributed by atoms with Crippen molar-refractivity contribution in [2.45, 2.75) is 6.18 Å². The molecule has 0 bridgehead atoms. The largest absolute Gasteiger partial charge is 0.477 e. The Labute approximate surface area is 224 Å². The maximum Gasteiger partial charge on any atom is 0.416 e. The molecule has 4 aromatic rings. The van der Waals surface area contributed by atoms with Gasteiger partial charge >= 0.3 is 18.2 Å². The number of benzene rings is 3. The number of carbonyl (C=O) groups is 3. The van der Waals surface area contributed by atoms with Gasteiger partial charge in [0.15, 0.2) is 0 Å². The van der Waals surface area contributed by atoms with Crippen molar-refractivity contribution in [3.05, 3.63) is 101 Å². The minimum absolute atomic E-state index is 0.00574. The average molecular weight is 547 g/mol. The second-order valence-corrected chi connectivity index (χ2v) is 8.77. The molecule has 202 valence electrons. The van der Waals surface area contributed by atoms with Crippen molar-refractivity contribution in [1.29, 1.82) is 0 Å². The molecule has 3 aromatic carbocycles. The number of carboxylic acids is 1. The van der Waals surface area contributed by atoms with E-state index in [-0.39, 0.29) is 17.3 Å². The molecule has 5 rings (SSSR count). The van der Waals surface area contributed by atoms with Gasteiger partial charge in [0.05, 0.1) is 16.8 Å². The van der Waals surface area contributed by atoms with Gasteiger partial charge in [0.25, 0.3) is 5.91 Å². The zero-order chi connectivity index (χ0) is 28.4. The van der Waals surface area contributed by atoms with Crippen LogP contribution in [0.2, 0.25) is 0 Å². The molecule has 0 spiro atoms. The lowest BCUT2D eigenvalue weighted by molar-refractivity contribution is -0.137.